The van der Waals surface area contributed by atoms with Gasteiger partial charge in [0.25, 0.3) is 0 Å². The van der Waals surface area contributed by atoms with E-state index in [4.69, 9.17) is 0 Å². The van der Waals surface area contributed by atoms with Gasteiger partial charge in [-0.05, 0) is 33.1 Å². The molecule has 0 aliphatic rings. The van der Waals surface area contributed by atoms with Gasteiger partial charge in [-0.3, -0.25) is 0 Å². The molecule has 28 heavy (non-hydrogen) atoms. The van der Waals surface area contributed by atoms with Crippen molar-refractivity contribution in [3.63, 3.8) is 0 Å². The van der Waals surface area contributed by atoms with Gasteiger partial charge in [0, 0.05) is 0 Å². The average Bonchev–Trinajstić information content (AvgIpc) is 3.21. The SMILES string of the molecule is Cc1ccc(C)c2[cH-]c(CCCc3cc4c(C)ccc(C)c4[cH-]3)cc12.[Cl-].[Cl-].[Zr+4]. The molecule has 0 nitrogen and oxygen atoms in total. The molecule has 0 saturated carbocycles. The Bertz CT molecular complexity index is 905. The number of aryl methyl sites for hydroxylation is 6. The van der Waals surface area contributed by atoms with Gasteiger partial charge in [0.1, 0.15) is 0 Å². The maximum absolute atomic E-state index is 2.40. The molecule has 0 N–H and O–H groups in total. The topological polar surface area (TPSA) is 0 Å². The number of benzene rings is 2. The van der Waals surface area contributed by atoms with Crippen LogP contribution in [0.15, 0.2) is 48.5 Å². The van der Waals surface area contributed by atoms with Gasteiger partial charge in [0.05, 0.1) is 0 Å². The van der Waals surface area contributed by atoms with E-state index in [-0.39, 0.29) is 51.0 Å². The largest absolute Gasteiger partial charge is 4.00 e. The second-order valence-electron chi connectivity index (χ2n) is 7.63. The Hall–Kier alpha value is -0.877. The monoisotopic (exact) mass is 486 g/mol. The van der Waals surface area contributed by atoms with Gasteiger partial charge in [0.2, 0.25) is 0 Å². The maximum Gasteiger partial charge on any atom is 4.00 e. The zero-order valence-corrected chi connectivity index (χ0v) is 21.0. The van der Waals surface area contributed by atoms with Gasteiger partial charge in [-0.15, -0.1) is 68.1 Å². The van der Waals surface area contributed by atoms with Crippen molar-refractivity contribution in [1.82, 2.24) is 0 Å². The Morgan fingerprint density at radius 2 is 0.964 bits per heavy atom. The molecule has 0 spiro atoms. The summed E-state index contributed by atoms with van der Waals surface area (Å²) in [7, 11) is 0. The Labute approximate surface area is 200 Å². The summed E-state index contributed by atoms with van der Waals surface area (Å²) in [4.78, 5) is 0. The number of hydrogen-bond donors (Lipinski definition) is 0. The minimum atomic E-state index is 0. The van der Waals surface area contributed by atoms with E-state index >= 15 is 0 Å². The number of fused-ring (bicyclic) bond motifs is 2. The van der Waals surface area contributed by atoms with Crippen molar-refractivity contribution in [2.24, 2.45) is 0 Å². The van der Waals surface area contributed by atoms with Crippen LogP contribution in [-0.4, -0.2) is 0 Å². The van der Waals surface area contributed by atoms with Crippen molar-refractivity contribution in [3.05, 3.63) is 81.9 Å². The van der Waals surface area contributed by atoms with E-state index in [1.165, 1.54) is 61.3 Å². The molecular weight excluding hydrogens is 462 g/mol. The van der Waals surface area contributed by atoms with Crippen molar-refractivity contribution in [1.29, 1.82) is 0 Å². The van der Waals surface area contributed by atoms with Crippen LogP contribution in [0.3, 0.4) is 0 Å². The fraction of sp³-hybridized carbons (Fsp3) is 0.280. The van der Waals surface area contributed by atoms with Gasteiger partial charge in [-0.2, -0.15) is 12.1 Å². The Balaban J connectivity index is 0.00000131. The normalized spacial score (nSPS) is 10.4. The summed E-state index contributed by atoms with van der Waals surface area (Å²) in [5.74, 6) is 0. The van der Waals surface area contributed by atoms with Crippen molar-refractivity contribution in [2.75, 3.05) is 0 Å². The fourth-order valence-electron chi connectivity index (χ4n) is 4.09. The van der Waals surface area contributed by atoms with Crippen LogP contribution in [0.5, 0.6) is 0 Å². The van der Waals surface area contributed by atoms with Crippen LogP contribution in [0.2, 0.25) is 0 Å². The summed E-state index contributed by atoms with van der Waals surface area (Å²) >= 11 is 0. The minimum Gasteiger partial charge on any atom is -1.00 e. The number of rotatable bonds is 4. The first-order chi connectivity index (χ1) is 12.0. The second kappa shape index (κ2) is 10.2. The molecule has 4 rings (SSSR count). The molecular formula is C25H26Cl2Zr. The molecule has 3 heteroatoms. The quantitative estimate of drug-likeness (QED) is 0.374. The molecule has 0 aromatic heterocycles. The molecule has 0 atom stereocenters. The predicted molar refractivity (Wildman–Crippen MR) is 110 cm³/mol. The summed E-state index contributed by atoms with van der Waals surface area (Å²) in [5.41, 5.74) is 8.52. The fourth-order valence-corrected chi connectivity index (χ4v) is 4.09. The standard InChI is InChI=1S/C25H26.2ClH.Zr/c1-16-8-9-17(2)23-13-20(12-22(16)23)6-5-7-21-14-24-18(3)10-11-19(4)25(24)15-21;;;/h8-15H,5-7H2,1-4H3;2*1H;/q-2;;;+4/p-2. The van der Waals surface area contributed by atoms with Crippen LogP contribution in [0, 0.1) is 27.7 Å². The van der Waals surface area contributed by atoms with E-state index in [1.54, 1.807) is 0 Å². The average molecular weight is 489 g/mol. The molecule has 0 bridgehead atoms. The third-order valence-electron chi connectivity index (χ3n) is 5.70. The van der Waals surface area contributed by atoms with E-state index < -0.39 is 0 Å². The molecule has 0 amide bonds. The van der Waals surface area contributed by atoms with Crippen molar-refractivity contribution in [3.8, 4) is 0 Å². The molecule has 4 aromatic carbocycles. The summed E-state index contributed by atoms with van der Waals surface area (Å²) in [5, 5.41) is 5.72. The summed E-state index contributed by atoms with van der Waals surface area (Å²) in [6.07, 6.45) is 3.53. The first-order valence-corrected chi connectivity index (χ1v) is 9.34. The Morgan fingerprint density at radius 1 is 0.607 bits per heavy atom. The van der Waals surface area contributed by atoms with E-state index in [0.717, 1.165) is 12.8 Å². The number of halogens is 2. The molecule has 0 unspecified atom stereocenters. The molecule has 0 saturated heterocycles. The first-order valence-electron chi connectivity index (χ1n) is 9.34. The third kappa shape index (κ3) is 4.81. The van der Waals surface area contributed by atoms with E-state index in [2.05, 4.69) is 76.2 Å². The van der Waals surface area contributed by atoms with Crippen molar-refractivity contribution < 1.29 is 51.0 Å². The molecule has 144 valence electrons. The molecule has 0 heterocycles. The van der Waals surface area contributed by atoms with Crippen LogP contribution >= 0.6 is 0 Å². The van der Waals surface area contributed by atoms with E-state index in [1.807, 2.05) is 0 Å². The van der Waals surface area contributed by atoms with Gasteiger partial charge in [-0.25, -0.2) is 0 Å². The third-order valence-corrected chi connectivity index (χ3v) is 5.70. The van der Waals surface area contributed by atoms with Crippen LogP contribution in [0.25, 0.3) is 21.5 Å². The van der Waals surface area contributed by atoms with Crippen molar-refractivity contribution >= 4 is 21.5 Å². The van der Waals surface area contributed by atoms with Gasteiger partial charge in [0.15, 0.2) is 0 Å². The van der Waals surface area contributed by atoms with Gasteiger partial charge >= 0.3 is 26.2 Å². The smallest absolute Gasteiger partial charge is 1.00 e. The minimum absolute atomic E-state index is 0. The molecule has 0 fully saturated rings. The summed E-state index contributed by atoms with van der Waals surface area (Å²) < 4.78 is 0. The zero-order valence-electron chi connectivity index (χ0n) is 17.0. The van der Waals surface area contributed by atoms with Crippen LogP contribution in [0.1, 0.15) is 39.8 Å². The Morgan fingerprint density at radius 3 is 1.32 bits per heavy atom. The van der Waals surface area contributed by atoms with Gasteiger partial charge in [-0.1, -0.05) is 37.1 Å². The van der Waals surface area contributed by atoms with E-state index in [0.29, 0.717) is 0 Å². The molecule has 0 aliphatic heterocycles. The van der Waals surface area contributed by atoms with Crippen LogP contribution < -0.4 is 24.8 Å². The summed E-state index contributed by atoms with van der Waals surface area (Å²) in [6.45, 7) is 8.86. The number of hydrogen-bond acceptors (Lipinski definition) is 0. The van der Waals surface area contributed by atoms with E-state index in [9.17, 15) is 0 Å². The second-order valence-corrected chi connectivity index (χ2v) is 7.63. The van der Waals surface area contributed by atoms with Crippen LogP contribution in [0.4, 0.5) is 0 Å². The van der Waals surface area contributed by atoms with Gasteiger partial charge < -0.3 is 24.8 Å². The molecule has 4 aromatic rings. The van der Waals surface area contributed by atoms with Crippen LogP contribution in [-0.2, 0) is 39.0 Å². The predicted octanol–water partition coefficient (Wildman–Crippen LogP) is 0.845. The van der Waals surface area contributed by atoms with Crippen molar-refractivity contribution in [2.45, 2.75) is 47.0 Å². The molecule has 0 aliphatic carbocycles. The summed E-state index contributed by atoms with van der Waals surface area (Å²) in [6, 6.07) is 18.5. The first kappa shape index (κ1) is 25.2. The molecule has 0 radical (unpaired) electrons. The maximum atomic E-state index is 2.40. The zero-order chi connectivity index (χ0) is 17.6. The Kier molecular flexibility index (Phi) is 9.20.